The molecule has 1 aromatic heterocycles. The van der Waals surface area contributed by atoms with Crippen LogP contribution in [0, 0.1) is 0 Å². The first-order chi connectivity index (χ1) is 4.88. The van der Waals surface area contributed by atoms with E-state index < -0.39 is 0 Å². The zero-order valence-corrected chi connectivity index (χ0v) is 5.55. The maximum Gasteiger partial charge on any atom is 0.385 e. The normalized spacial score (nSPS) is 16.8. The Balaban J connectivity index is 2.55. The second kappa shape index (κ2) is 2.01. The fourth-order valence-electron chi connectivity index (χ4n) is 1.32. The average Bonchev–Trinajstić information content (AvgIpc) is 2.34. The van der Waals surface area contributed by atoms with E-state index in [1.54, 1.807) is 0 Å². The van der Waals surface area contributed by atoms with Gasteiger partial charge in [-0.05, 0) is 19.3 Å². The van der Waals surface area contributed by atoms with Crippen molar-refractivity contribution in [1.29, 1.82) is 0 Å². The molecule has 0 aliphatic heterocycles. The van der Waals surface area contributed by atoms with Gasteiger partial charge in [0.1, 0.15) is 0 Å². The Morgan fingerprint density at radius 2 is 1.90 bits per heavy atom. The minimum atomic E-state index is -0.283. The first-order valence-corrected chi connectivity index (χ1v) is 3.49. The van der Waals surface area contributed by atoms with E-state index >= 15 is 0 Å². The van der Waals surface area contributed by atoms with E-state index in [2.05, 4.69) is 4.58 Å². The minimum absolute atomic E-state index is 0.283. The molecule has 0 amide bonds. The molecule has 10 heavy (non-hydrogen) atoms. The van der Waals surface area contributed by atoms with Crippen molar-refractivity contribution < 1.29 is 9.15 Å². The standard InChI is InChI=1S/C7H8O3/c8-7-5-3-1-2-4-6(5)9-10-7/h1-4H2. The zero-order valence-electron chi connectivity index (χ0n) is 5.55. The van der Waals surface area contributed by atoms with E-state index in [1.165, 1.54) is 0 Å². The predicted molar refractivity (Wildman–Crippen MR) is 33.9 cm³/mol. The first-order valence-electron chi connectivity index (χ1n) is 3.49. The molecule has 3 nitrogen and oxygen atoms in total. The van der Waals surface area contributed by atoms with Crippen molar-refractivity contribution in [3.63, 3.8) is 0 Å². The molecule has 1 aromatic rings. The van der Waals surface area contributed by atoms with E-state index in [1.807, 2.05) is 0 Å². The van der Waals surface area contributed by atoms with Crippen LogP contribution in [0.4, 0.5) is 0 Å². The van der Waals surface area contributed by atoms with Gasteiger partial charge in [0.15, 0.2) is 5.76 Å². The van der Waals surface area contributed by atoms with Gasteiger partial charge in [-0.1, -0.05) is 0 Å². The maximum absolute atomic E-state index is 10.8. The van der Waals surface area contributed by atoms with Gasteiger partial charge in [-0.25, -0.2) is 9.37 Å². The summed E-state index contributed by atoms with van der Waals surface area (Å²) in [5, 5.41) is 0. The smallest absolute Gasteiger partial charge is 0.291 e. The number of hydrogen-bond donors (Lipinski definition) is 0. The molecule has 1 aliphatic rings. The van der Waals surface area contributed by atoms with Crippen molar-refractivity contribution in [2.45, 2.75) is 25.7 Å². The third-order valence-electron chi connectivity index (χ3n) is 1.88. The lowest BCUT2D eigenvalue weighted by Crippen LogP contribution is -2.08. The highest BCUT2D eigenvalue weighted by Crippen LogP contribution is 2.17. The number of aryl methyl sites for hydroxylation is 1. The largest absolute Gasteiger partial charge is 0.385 e. The van der Waals surface area contributed by atoms with Crippen molar-refractivity contribution in [1.82, 2.24) is 0 Å². The molecule has 0 bridgehead atoms. The third kappa shape index (κ3) is 0.701. The molecule has 0 radical (unpaired) electrons. The molecule has 0 fully saturated rings. The van der Waals surface area contributed by atoms with Crippen molar-refractivity contribution in [2.24, 2.45) is 0 Å². The summed E-state index contributed by atoms with van der Waals surface area (Å²) in [6.07, 6.45) is 3.88. The fourth-order valence-corrected chi connectivity index (χ4v) is 1.32. The molecule has 0 atom stereocenters. The van der Waals surface area contributed by atoms with Crippen LogP contribution in [0.25, 0.3) is 0 Å². The van der Waals surface area contributed by atoms with Crippen molar-refractivity contribution in [3.05, 3.63) is 21.7 Å². The lowest BCUT2D eigenvalue weighted by atomic mass is 9.99. The van der Waals surface area contributed by atoms with Crippen LogP contribution < -0.4 is 5.63 Å². The second-order valence-corrected chi connectivity index (χ2v) is 2.56. The Morgan fingerprint density at radius 3 is 2.70 bits per heavy atom. The van der Waals surface area contributed by atoms with Gasteiger partial charge in [-0.2, -0.15) is 0 Å². The lowest BCUT2D eigenvalue weighted by Gasteiger charge is -2.03. The van der Waals surface area contributed by atoms with Crippen LogP contribution in [0.1, 0.15) is 24.2 Å². The number of fused-ring (bicyclic) bond motifs is 1. The molecule has 0 saturated carbocycles. The average molecular weight is 140 g/mol. The summed E-state index contributed by atoms with van der Waals surface area (Å²) in [5.74, 6) is 0.760. The zero-order chi connectivity index (χ0) is 6.97. The van der Waals surface area contributed by atoms with Crippen molar-refractivity contribution >= 4 is 0 Å². The van der Waals surface area contributed by atoms with Crippen LogP contribution in [-0.4, -0.2) is 0 Å². The van der Waals surface area contributed by atoms with Gasteiger partial charge in [0, 0.05) is 6.42 Å². The Kier molecular flexibility index (Phi) is 1.16. The molecule has 54 valence electrons. The Hall–Kier alpha value is -0.990. The molecule has 0 unspecified atom stereocenters. The summed E-state index contributed by atoms with van der Waals surface area (Å²) in [4.78, 5) is 10.8. The van der Waals surface area contributed by atoms with E-state index in [0.717, 1.165) is 37.0 Å². The molecule has 0 saturated heterocycles. The third-order valence-corrected chi connectivity index (χ3v) is 1.88. The quantitative estimate of drug-likeness (QED) is 0.507. The monoisotopic (exact) mass is 140 g/mol. The molecular weight excluding hydrogens is 132 g/mol. The summed E-state index contributed by atoms with van der Waals surface area (Å²) < 4.78 is 9.09. The molecule has 0 N–H and O–H groups in total. The lowest BCUT2D eigenvalue weighted by molar-refractivity contribution is 0.0377. The van der Waals surface area contributed by atoms with Crippen LogP contribution in [0.15, 0.2) is 13.9 Å². The molecule has 0 aromatic carbocycles. The van der Waals surface area contributed by atoms with E-state index in [4.69, 9.17) is 4.58 Å². The van der Waals surface area contributed by atoms with Gasteiger partial charge in [0.2, 0.25) is 0 Å². The Bertz CT molecular complexity index is 281. The summed E-state index contributed by atoms with van der Waals surface area (Å²) in [5.41, 5.74) is 0.473. The minimum Gasteiger partial charge on any atom is -0.291 e. The van der Waals surface area contributed by atoms with Gasteiger partial charge < -0.3 is 0 Å². The fraction of sp³-hybridized carbons (Fsp3) is 0.571. The van der Waals surface area contributed by atoms with Gasteiger partial charge in [0.05, 0.1) is 5.56 Å². The molecule has 1 heterocycles. The van der Waals surface area contributed by atoms with Gasteiger partial charge in [-0.15, -0.1) is 0 Å². The summed E-state index contributed by atoms with van der Waals surface area (Å²) in [7, 11) is 0. The van der Waals surface area contributed by atoms with Gasteiger partial charge in [0.25, 0.3) is 0 Å². The predicted octanol–water partition coefficient (Wildman–Crippen LogP) is 1.11. The van der Waals surface area contributed by atoms with E-state index in [9.17, 15) is 4.79 Å². The molecular formula is C7H8O3. The van der Waals surface area contributed by atoms with Crippen LogP contribution in [0.5, 0.6) is 0 Å². The highest BCUT2D eigenvalue weighted by Gasteiger charge is 2.18. The Labute approximate surface area is 57.6 Å². The Morgan fingerprint density at radius 1 is 1.10 bits per heavy atom. The number of hydrogen-bond acceptors (Lipinski definition) is 3. The number of rotatable bonds is 0. The van der Waals surface area contributed by atoms with Gasteiger partial charge in [-0.3, -0.25) is 4.58 Å². The first kappa shape index (κ1) is 5.77. The molecule has 3 heteroatoms. The molecule has 2 rings (SSSR count). The summed E-state index contributed by atoms with van der Waals surface area (Å²) in [6.45, 7) is 0. The highest BCUT2D eigenvalue weighted by molar-refractivity contribution is 5.14. The molecule has 0 spiro atoms. The van der Waals surface area contributed by atoms with Crippen LogP contribution >= 0.6 is 0 Å². The van der Waals surface area contributed by atoms with Crippen LogP contribution in [-0.2, 0) is 12.8 Å². The van der Waals surface area contributed by atoms with Crippen LogP contribution in [0.3, 0.4) is 0 Å². The van der Waals surface area contributed by atoms with E-state index in [-0.39, 0.29) is 5.63 Å². The highest BCUT2D eigenvalue weighted by atomic mass is 17.0. The molecule has 1 aliphatic carbocycles. The van der Waals surface area contributed by atoms with Crippen molar-refractivity contribution in [3.8, 4) is 0 Å². The van der Waals surface area contributed by atoms with Crippen LogP contribution in [0.2, 0.25) is 0 Å². The van der Waals surface area contributed by atoms with E-state index in [0.29, 0.717) is 0 Å². The SMILES string of the molecule is O=c1ooc2c1CCCC2. The second-order valence-electron chi connectivity index (χ2n) is 2.56. The van der Waals surface area contributed by atoms with Gasteiger partial charge >= 0.3 is 5.63 Å². The maximum atomic E-state index is 10.8. The summed E-state index contributed by atoms with van der Waals surface area (Å²) in [6, 6.07) is 0. The van der Waals surface area contributed by atoms with Crippen molar-refractivity contribution in [2.75, 3.05) is 0 Å². The summed E-state index contributed by atoms with van der Waals surface area (Å²) >= 11 is 0. The topological polar surface area (TPSA) is 43.4 Å².